The summed E-state index contributed by atoms with van der Waals surface area (Å²) in [6.45, 7) is 2.77. The molecule has 3 aromatic heterocycles. The number of pyridine rings is 1. The average molecular weight is 343 g/mol. The summed E-state index contributed by atoms with van der Waals surface area (Å²) in [6, 6.07) is 0.277. The zero-order valence-electron chi connectivity index (χ0n) is 13.7. The zero-order valence-corrected chi connectivity index (χ0v) is 14.5. The largest absolute Gasteiger partial charge is 0.396 e. The van der Waals surface area contributed by atoms with Gasteiger partial charge in [0.15, 0.2) is 0 Å². The molecule has 3 aromatic rings. The van der Waals surface area contributed by atoms with Crippen LogP contribution in [0.25, 0.3) is 20.4 Å². The highest BCUT2D eigenvalue weighted by molar-refractivity contribution is 7.25. The van der Waals surface area contributed by atoms with Gasteiger partial charge < -0.3 is 11.1 Å². The van der Waals surface area contributed by atoms with Crippen molar-refractivity contribution in [1.82, 2.24) is 14.5 Å². The number of fused-ring (bicyclic) bond motifs is 3. The van der Waals surface area contributed by atoms with E-state index in [1.165, 1.54) is 30.6 Å². The van der Waals surface area contributed by atoms with Gasteiger partial charge in [-0.15, -0.1) is 11.3 Å². The number of nitrogens with zero attached hydrogens (tertiary/aromatic N) is 3. The van der Waals surface area contributed by atoms with Crippen LogP contribution in [-0.4, -0.2) is 21.1 Å². The fraction of sp³-hybridized carbons (Fsp3) is 0.471. The lowest BCUT2D eigenvalue weighted by Gasteiger charge is -2.23. The Morgan fingerprint density at radius 1 is 1.33 bits per heavy atom. The number of thiophene rings is 1. The Morgan fingerprint density at radius 2 is 2.12 bits per heavy atom. The second kappa shape index (κ2) is 6.05. The van der Waals surface area contributed by atoms with Crippen molar-refractivity contribution in [2.45, 2.75) is 45.1 Å². The fourth-order valence-electron chi connectivity index (χ4n) is 3.61. The minimum atomic E-state index is 0.0518. The van der Waals surface area contributed by atoms with E-state index < -0.39 is 0 Å². The van der Waals surface area contributed by atoms with Crippen molar-refractivity contribution in [2.24, 2.45) is 0 Å². The van der Waals surface area contributed by atoms with E-state index >= 15 is 0 Å². The van der Waals surface area contributed by atoms with Gasteiger partial charge in [0.2, 0.25) is 0 Å². The standard InChI is InChI=1S/C17H21N5OS/c1-2-19-13-11(18)8-20-16-12(13)14-15(24-16)17(23)22(9-21-14)10-6-4-3-5-7-10/h8-10H,2-7,18H2,1H3,(H,19,20). The Hall–Kier alpha value is -2.15. The Labute approximate surface area is 143 Å². The first kappa shape index (κ1) is 15.4. The first-order chi connectivity index (χ1) is 11.7. The van der Waals surface area contributed by atoms with Crippen molar-refractivity contribution in [3.8, 4) is 0 Å². The van der Waals surface area contributed by atoms with E-state index in [1.807, 2.05) is 11.5 Å². The zero-order chi connectivity index (χ0) is 16.7. The molecule has 1 aliphatic rings. The van der Waals surface area contributed by atoms with Crippen molar-refractivity contribution in [2.75, 3.05) is 17.6 Å². The molecule has 0 aliphatic heterocycles. The van der Waals surface area contributed by atoms with Gasteiger partial charge in [-0.25, -0.2) is 9.97 Å². The minimum Gasteiger partial charge on any atom is -0.396 e. The lowest BCUT2D eigenvalue weighted by Crippen LogP contribution is -2.26. The highest BCUT2D eigenvalue weighted by atomic mass is 32.1. The van der Waals surface area contributed by atoms with Crippen LogP contribution >= 0.6 is 11.3 Å². The third-order valence-corrected chi connectivity index (χ3v) is 5.86. The maximum atomic E-state index is 13.0. The van der Waals surface area contributed by atoms with Gasteiger partial charge in [0.1, 0.15) is 15.0 Å². The third-order valence-electron chi connectivity index (χ3n) is 4.79. The van der Waals surface area contributed by atoms with E-state index in [1.54, 1.807) is 12.5 Å². The van der Waals surface area contributed by atoms with Crippen LogP contribution in [0.5, 0.6) is 0 Å². The molecule has 24 heavy (non-hydrogen) atoms. The summed E-state index contributed by atoms with van der Waals surface area (Å²) in [7, 11) is 0. The molecule has 3 N–H and O–H groups in total. The molecule has 0 bridgehead atoms. The van der Waals surface area contributed by atoms with Crippen LogP contribution in [0.1, 0.15) is 45.1 Å². The molecule has 1 aliphatic carbocycles. The number of nitrogens with two attached hydrogens (primary N) is 1. The second-order valence-corrected chi connectivity index (χ2v) is 7.33. The van der Waals surface area contributed by atoms with Gasteiger partial charge in [-0.3, -0.25) is 9.36 Å². The van der Waals surface area contributed by atoms with Crippen LogP contribution in [0.4, 0.5) is 11.4 Å². The molecule has 0 unspecified atom stereocenters. The summed E-state index contributed by atoms with van der Waals surface area (Å²) in [6.07, 6.45) is 9.12. The lowest BCUT2D eigenvalue weighted by atomic mass is 9.95. The molecule has 1 fully saturated rings. The molecule has 1 saturated carbocycles. The molecule has 126 valence electrons. The Balaban J connectivity index is 1.95. The van der Waals surface area contributed by atoms with Gasteiger partial charge in [0.25, 0.3) is 5.56 Å². The van der Waals surface area contributed by atoms with Crippen LogP contribution < -0.4 is 16.6 Å². The molecule has 3 heterocycles. The Bertz CT molecular complexity index is 955. The molecule has 0 aromatic carbocycles. The van der Waals surface area contributed by atoms with Crippen molar-refractivity contribution >= 4 is 43.1 Å². The number of aromatic nitrogens is 3. The number of hydrogen-bond donors (Lipinski definition) is 2. The smallest absolute Gasteiger partial charge is 0.271 e. The van der Waals surface area contributed by atoms with Crippen LogP contribution in [0.3, 0.4) is 0 Å². The average Bonchev–Trinajstić information content (AvgIpc) is 2.98. The number of rotatable bonds is 3. The maximum Gasteiger partial charge on any atom is 0.271 e. The minimum absolute atomic E-state index is 0.0518. The SMILES string of the molecule is CCNc1c(N)cnc2sc3c(=O)n(C4CCCCC4)cnc3c12. The number of nitrogen functional groups attached to an aromatic ring is 1. The Kier molecular flexibility index (Phi) is 3.88. The monoisotopic (exact) mass is 343 g/mol. The summed E-state index contributed by atoms with van der Waals surface area (Å²) in [5, 5.41) is 4.15. The van der Waals surface area contributed by atoms with Gasteiger partial charge in [-0.05, 0) is 19.8 Å². The fourth-order valence-corrected chi connectivity index (χ4v) is 4.65. The quantitative estimate of drug-likeness (QED) is 0.760. The topological polar surface area (TPSA) is 85.8 Å². The molecule has 4 rings (SSSR count). The van der Waals surface area contributed by atoms with E-state index in [4.69, 9.17) is 5.73 Å². The molecular weight excluding hydrogens is 322 g/mol. The van der Waals surface area contributed by atoms with E-state index in [2.05, 4.69) is 15.3 Å². The summed E-state index contributed by atoms with van der Waals surface area (Å²) >= 11 is 1.41. The van der Waals surface area contributed by atoms with Gasteiger partial charge >= 0.3 is 0 Å². The predicted molar refractivity (Wildman–Crippen MR) is 99.9 cm³/mol. The maximum absolute atomic E-state index is 13.0. The van der Waals surface area contributed by atoms with Crippen molar-refractivity contribution < 1.29 is 0 Å². The summed E-state index contributed by atoms with van der Waals surface area (Å²) < 4.78 is 2.50. The second-order valence-electron chi connectivity index (χ2n) is 6.33. The van der Waals surface area contributed by atoms with Gasteiger partial charge in [-0.2, -0.15) is 0 Å². The molecule has 0 spiro atoms. The van der Waals surface area contributed by atoms with Crippen LogP contribution in [0.2, 0.25) is 0 Å². The highest BCUT2D eigenvalue weighted by Crippen LogP contribution is 2.37. The molecule has 0 saturated heterocycles. The van der Waals surface area contributed by atoms with Crippen LogP contribution in [0.15, 0.2) is 17.3 Å². The molecule has 0 atom stereocenters. The molecule has 7 heteroatoms. The molecular formula is C17H21N5OS. The third kappa shape index (κ3) is 2.34. The number of anilines is 2. The lowest BCUT2D eigenvalue weighted by molar-refractivity contribution is 0.345. The normalized spacial score (nSPS) is 16.0. The molecule has 6 nitrogen and oxygen atoms in total. The molecule has 0 amide bonds. The summed E-state index contributed by atoms with van der Waals surface area (Å²) in [4.78, 5) is 22.8. The van der Waals surface area contributed by atoms with Gasteiger partial charge in [0, 0.05) is 12.6 Å². The van der Waals surface area contributed by atoms with Crippen LogP contribution in [0, 0.1) is 0 Å². The van der Waals surface area contributed by atoms with Crippen LogP contribution in [-0.2, 0) is 0 Å². The highest BCUT2D eigenvalue weighted by Gasteiger charge is 2.21. The van der Waals surface area contributed by atoms with Crippen molar-refractivity contribution in [3.63, 3.8) is 0 Å². The number of hydrogen-bond acceptors (Lipinski definition) is 6. The van der Waals surface area contributed by atoms with E-state index in [0.29, 0.717) is 15.9 Å². The van der Waals surface area contributed by atoms with Crippen molar-refractivity contribution in [1.29, 1.82) is 0 Å². The van der Waals surface area contributed by atoms with Gasteiger partial charge in [0.05, 0.1) is 29.3 Å². The number of nitrogens with one attached hydrogen (secondary N) is 1. The summed E-state index contributed by atoms with van der Waals surface area (Å²) in [5.41, 5.74) is 8.25. The first-order valence-corrected chi connectivity index (χ1v) is 9.34. The molecule has 0 radical (unpaired) electrons. The summed E-state index contributed by atoms with van der Waals surface area (Å²) in [5.74, 6) is 0. The first-order valence-electron chi connectivity index (χ1n) is 8.52. The van der Waals surface area contributed by atoms with Crippen molar-refractivity contribution in [3.05, 3.63) is 22.9 Å². The van der Waals surface area contributed by atoms with E-state index in [9.17, 15) is 4.79 Å². The van der Waals surface area contributed by atoms with E-state index in [-0.39, 0.29) is 11.6 Å². The Morgan fingerprint density at radius 3 is 2.88 bits per heavy atom. The van der Waals surface area contributed by atoms with Gasteiger partial charge in [-0.1, -0.05) is 19.3 Å². The van der Waals surface area contributed by atoms with E-state index in [0.717, 1.165) is 35.3 Å². The predicted octanol–water partition coefficient (Wildman–Crippen LogP) is 3.53.